The number of rotatable bonds is 5. The normalized spacial score (nSPS) is 28.1. The molecule has 0 radical (unpaired) electrons. The lowest BCUT2D eigenvalue weighted by atomic mass is 10.0. The quantitative estimate of drug-likeness (QED) is 0.529. The van der Waals surface area contributed by atoms with Gasteiger partial charge in [-0.3, -0.25) is 14.7 Å². The van der Waals surface area contributed by atoms with Gasteiger partial charge in [-0.15, -0.1) is 0 Å². The van der Waals surface area contributed by atoms with Crippen molar-refractivity contribution in [3.05, 3.63) is 47.5 Å². The number of hydrogen-bond acceptors (Lipinski definition) is 5. The summed E-state index contributed by atoms with van der Waals surface area (Å²) in [6.45, 7) is 2.30. The summed E-state index contributed by atoms with van der Waals surface area (Å²) >= 11 is 0. The third kappa shape index (κ3) is 3.49. The number of fused-ring (bicyclic) bond motifs is 1. The van der Waals surface area contributed by atoms with Crippen LogP contribution in [-0.4, -0.2) is 61.2 Å². The van der Waals surface area contributed by atoms with Crippen molar-refractivity contribution in [1.82, 2.24) is 15.2 Å². The molecule has 1 aliphatic carbocycles. The predicted molar refractivity (Wildman–Crippen MR) is 113 cm³/mol. The number of pyridine rings is 1. The molecule has 2 aliphatic heterocycles. The van der Waals surface area contributed by atoms with E-state index in [2.05, 4.69) is 10.3 Å². The molecule has 11 heteroatoms. The van der Waals surface area contributed by atoms with Crippen LogP contribution in [-0.2, 0) is 15.2 Å². The molecular weight excluding hydrogens is 456 g/mol. The number of alkyl halides is 1. The van der Waals surface area contributed by atoms with E-state index in [-0.39, 0.29) is 42.1 Å². The average molecular weight is 478 g/mol. The Kier molecular flexibility index (Phi) is 5.27. The second-order valence-corrected chi connectivity index (χ2v) is 9.07. The van der Waals surface area contributed by atoms with E-state index in [4.69, 9.17) is 4.74 Å². The number of halogens is 4. The smallest absolute Gasteiger partial charge is 0.414 e. The third-order valence-electron chi connectivity index (χ3n) is 6.80. The van der Waals surface area contributed by atoms with Crippen LogP contribution in [0.15, 0.2) is 24.4 Å². The summed E-state index contributed by atoms with van der Waals surface area (Å²) < 4.78 is 65.1. The van der Waals surface area contributed by atoms with E-state index in [1.54, 1.807) is 0 Å². The van der Waals surface area contributed by atoms with Gasteiger partial charge >= 0.3 is 6.09 Å². The summed E-state index contributed by atoms with van der Waals surface area (Å²) in [4.78, 5) is 30.1. The summed E-state index contributed by atoms with van der Waals surface area (Å²) in [5.74, 6) is -4.70. The van der Waals surface area contributed by atoms with Gasteiger partial charge in [0, 0.05) is 49.7 Å². The van der Waals surface area contributed by atoms with E-state index in [0.717, 1.165) is 11.1 Å². The molecule has 1 N–H and O–H groups in total. The number of carbonyl (C=O) groups is 2. The highest BCUT2D eigenvalue weighted by Crippen LogP contribution is 2.63. The Morgan fingerprint density at radius 3 is 2.53 bits per heavy atom. The molecule has 5 rings (SSSR count). The third-order valence-corrected chi connectivity index (χ3v) is 6.80. The van der Waals surface area contributed by atoms with E-state index < -0.39 is 46.6 Å². The molecule has 3 fully saturated rings. The van der Waals surface area contributed by atoms with Gasteiger partial charge in [-0.25, -0.2) is 22.4 Å². The molecule has 34 heavy (non-hydrogen) atoms. The van der Waals surface area contributed by atoms with Gasteiger partial charge in [0.2, 0.25) is 5.91 Å². The average Bonchev–Trinajstić information content (AvgIpc) is 3.11. The molecule has 7 nitrogen and oxygen atoms in total. The minimum Gasteiger partial charge on any atom is -0.442 e. The Balaban J connectivity index is 1.39. The standard InChI is InChI=1S/C23H22F4N4O3/c1-11(32)28-7-13-8-31(22(33)34-13)17-5-16(24)19(21(26)20(17)25)12-3-4-18(29-6-12)23(27)14-9-30(2)10-15(14)23/h3-6,13-15H,7-10H2,1-2H3,(H,28,32)/t13-,14-,15+,23?/m0/s1. The summed E-state index contributed by atoms with van der Waals surface area (Å²) in [5.41, 5.74) is -2.69. The van der Waals surface area contributed by atoms with Crippen molar-refractivity contribution in [2.45, 2.75) is 18.7 Å². The molecule has 2 aromatic rings. The van der Waals surface area contributed by atoms with E-state index >= 15 is 4.39 Å². The van der Waals surface area contributed by atoms with Gasteiger partial charge in [0.05, 0.1) is 30.0 Å². The molecular formula is C23H22F4N4O3. The number of hydrogen-bond donors (Lipinski definition) is 1. The summed E-state index contributed by atoms with van der Waals surface area (Å²) in [7, 11) is 1.91. The van der Waals surface area contributed by atoms with E-state index in [0.29, 0.717) is 19.2 Å². The van der Waals surface area contributed by atoms with Gasteiger partial charge in [0.25, 0.3) is 0 Å². The maximum atomic E-state index is 15.3. The number of anilines is 1. The summed E-state index contributed by atoms with van der Waals surface area (Å²) in [6.07, 6.45) is -0.656. The van der Waals surface area contributed by atoms with Crippen molar-refractivity contribution in [2.24, 2.45) is 11.8 Å². The molecule has 1 saturated carbocycles. The molecule has 1 unspecified atom stereocenters. The minimum absolute atomic E-state index is 0.0195. The molecule has 1 aromatic heterocycles. The first kappa shape index (κ1) is 22.6. The Labute approximate surface area is 192 Å². The highest BCUT2D eigenvalue weighted by atomic mass is 19.2. The van der Waals surface area contributed by atoms with Crippen molar-refractivity contribution < 1.29 is 31.9 Å². The maximum Gasteiger partial charge on any atom is 0.414 e. The van der Waals surface area contributed by atoms with Gasteiger partial charge in [0.15, 0.2) is 17.3 Å². The van der Waals surface area contributed by atoms with Gasteiger partial charge in [-0.2, -0.15) is 0 Å². The van der Waals surface area contributed by atoms with Crippen molar-refractivity contribution in [2.75, 3.05) is 38.1 Å². The van der Waals surface area contributed by atoms with Gasteiger partial charge in [-0.1, -0.05) is 6.07 Å². The predicted octanol–water partition coefficient (Wildman–Crippen LogP) is 2.98. The molecule has 1 aromatic carbocycles. The molecule has 2 saturated heterocycles. The SMILES string of the molecule is CC(=O)NC[C@H]1CN(c2cc(F)c(-c3ccc(C4(F)[C@@H]5CN(C)C[C@@H]54)nc3)c(F)c2F)C(=O)O1. The lowest BCUT2D eigenvalue weighted by Crippen LogP contribution is -2.33. The molecule has 0 spiro atoms. The van der Waals surface area contributed by atoms with E-state index in [9.17, 15) is 22.8 Å². The van der Waals surface area contributed by atoms with Crippen LogP contribution in [0.5, 0.6) is 0 Å². The topological polar surface area (TPSA) is 74.8 Å². The van der Waals surface area contributed by atoms with Gasteiger partial charge < -0.3 is 15.0 Å². The first-order chi connectivity index (χ1) is 16.1. The van der Waals surface area contributed by atoms with Crippen LogP contribution in [0, 0.1) is 29.3 Å². The summed E-state index contributed by atoms with van der Waals surface area (Å²) in [6, 6.07) is 3.40. The minimum atomic E-state index is -1.55. The van der Waals surface area contributed by atoms with Crippen LogP contribution in [0.1, 0.15) is 12.6 Å². The second kappa shape index (κ2) is 7.93. The highest BCUT2D eigenvalue weighted by molar-refractivity contribution is 5.90. The molecule has 4 atom stereocenters. The summed E-state index contributed by atoms with van der Waals surface area (Å²) in [5, 5.41) is 2.46. The molecule has 2 amide bonds. The lowest BCUT2D eigenvalue weighted by Gasteiger charge is -2.18. The maximum absolute atomic E-state index is 15.3. The number of cyclic esters (lactones) is 1. The highest BCUT2D eigenvalue weighted by Gasteiger charge is 2.70. The zero-order valence-corrected chi connectivity index (χ0v) is 18.4. The van der Waals surface area contributed by atoms with Crippen molar-refractivity contribution in [3.63, 3.8) is 0 Å². The zero-order valence-electron chi connectivity index (χ0n) is 18.4. The second-order valence-electron chi connectivity index (χ2n) is 9.07. The number of likely N-dealkylation sites (tertiary alicyclic amines) is 1. The van der Waals surface area contributed by atoms with Crippen molar-refractivity contribution in [3.8, 4) is 11.1 Å². The number of ether oxygens (including phenoxy) is 1. The van der Waals surface area contributed by atoms with Crippen LogP contribution in [0.2, 0.25) is 0 Å². The number of carbonyl (C=O) groups excluding carboxylic acids is 2. The van der Waals surface area contributed by atoms with Crippen LogP contribution in [0.4, 0.5) is 28.0 Å². The number of nitrogens with one attached hydrogen (secondary N) is 1. The fraction of sp³-hybridized carbons (Fsp3) is 0.435. The van der Waals surface area contributed by atoms with Crippen LogP contribution in [0.25, 0.3) is 11.1 Å². The lowest BCUT2D eigenvalue weighted by molar-refractivity contribution is -0.119. The van der Waals surface area contributed by atoms with Crippen LogP contribution >= 0.6 is 0 Å². The monoisotopic (exact) mass is 478 g/mol. The molecule has 3 aliphatic rings. The first-order valence-electron chi connectivity index (χ1n) is 10.9. The molecule has 180 valence electrons. The number of amides is 2. The fourth-order valence-corrected chi connectivity index (χ4v) is 5.04. The largest absolute Gasteiger partial charge is 0.442 e. The number of nitrogens with zero attached hydrogens (tertiary/aromatic N) is 3. The van der Waals surface area contributed by atoms with Gasteiger partial charge in [0.1, 0.15) is 11.9 Å². The van der Waals surface area contributed by atoms with E-state index in [1.807, 2.05) is 11.9 Å². The Morgan fingerprint density at radius 2 is 1.91 bits per heavy atom. The number of aromatic nitrogens is 1. The Bertz CT molecular complexity index is 1160. The Hall–Kier alpha value is -3.21. The Morgan fingerprint density at radius 1 is 1.21 bits per heavy atom. The van der Waals surface area contributed by atoms with Crippen molar-refractivity contribution in [1.29, 1.82) is 0 Å². The van der Waals surface area contributed by atoms with Gasteiger partial charge in [-0.05, 0) is 13.1 Å². The number of benzene rings is 1. The number of piperidine rings is 1. The van der Waals surface area contributed by atoms with Crippen LogP contribution in [0.3, 0.4) is 0 Å². The van der Waals surface area contributed by atoms with Crippen molar-refractivity contribution >= 4 is 17.7 Å². The zero-order chi connectivity index (χ0) is 24.4. The molecule has 3 heterocycles. The van der Waals surface area contributed by atoms with E-state index in [1.165, 1.54) is 19.1 Å². The molecule has 0 bridgehead atoms. The van der Waals surface area contributed by atoms with Crippen LogP contribution < -0.4 is 10.2 Å². The first-order valence-corrected chi connectivity index (χ1v) is 10.9. The fourth-order valence-electron chi connectivity index (χ4n) is 5.04.